The quantitative estimate of drug-likeness (QED) is 0.671. The largest absolute Gasteiger partial charge is 0.341 e. The van der Waals surface area contributed by atoms with Gasteiger partial charge in [0.15, 0.2) is 6.04 Å². The molecule has 0 aliphatic carbocycles. The van der Waals surface area contributed by atoms with Crippen LogP contribution in [0.1, 0.15) is 18.1 Å². The number of hydrogen-bond donors (Lipinski definition) is 3. The number of urea groups is 1. The number of nitrogens with one attached hydrogen (secondary N) is 3. The molecule has 0 saturated heterocycles. The maximum absolute atomic E-state index is 11.9. The maximum Gasteiger partial charge on any atom is 0.321 e. The maximum atomic E-state index is 11.9. The molecule has 0 aromatic heterocycles. The van der Waals surface area contributed by atoms with E-state index in [0.29, 0.717) is 0 Å². The lowest BCUT2D eigenvalue weighted by molar-refractivity contribution is -0.929. The monoisotopic (exact) mass is 262 g/mol. The number of imide groups is 1. The lowest BCUT2D eigenvalue weighted by Crippen LogP contribution is -3.16. The Morgan fingerprint density at radius 1 is 1.26 bits per heavy atom. The molecule has 0 saturated carbocycles. The number of quaternary nitrogens is 1. The first-order chi connectivity index (χ1) is 9.11. The van der Waals surface area contributed by atoms with Crippen LogP contribution in [0.15, 0.2) is 24.3 Å². The number of hydrogen-bond acceptors (Lipinski definition) is 2. The molecule has 19 heavy (non-hydrogen) atoms. The Bertz CT molecular complexity index is 487. The Morgan fingerprint density at radius 3 is 2.63 bits per heavy atom. The Labute approximate surface area is 113 Å². The molecular formula is C14H20N3O2+. The second-order valence-corrected chi connectivity index (χ2v) is 4.89. The molecule has 0 bridgehead atoms. The summed E-state index contributed by atoms with van der Waals surface area (Å²) in [5, 5.41) is 4.73. The lowest BCUT2D eigenvalue weighted by Gasteiger charge is -2.29. The summed E-state index contributed by atoms with van der Waals surface area (Å²) < 4.78 is 0. The van der Waals surface area contributed by atoms with Crippen LogP contribution >= 0.6 is 0 Å². The van der Waals surface area contributed by atoms with Crippen molar-refractivity contribution in [1.29, 1.82) is 0 Å². The van der Waals surface area contributed by atoms with Gasteiger partial charge in [0, 0.05) is 19.0 Å². The topological polar surface area (TPSA) is 62.6 Å². The smallest absolute Gasteiger partial charge is 0.321 e. The van der Waals surface area contributed by atoms with Crippen molar-refractivity contribution < 1.29 is 14.5 Å². The molecule has 2 rings (SSSR count). The van der Waals surface area contributed by atoms with E-state index >= 15 is 0 Å². The Morgan fingerprint density at radius 2 is 1.95 bits per heavy atom. The van der Waals surface area contributed by atoms with Gasteiger partial charge in [-0.1, -0.05) is 24.3 Å². The number of fused-ring (bicyclic) bond motifs is 1. The highest BCUT2D eigenvalue weighted by Crippen LogP contribution is 2.10. The number of carbonyl (C=O) groups is 2. The molecule has 1 aromatic carbocycles. The van der Waals surface area contributed by atoms with Crippen molar-refractivity contribution >= 4 is 11.9 Å². The average molecular weight is 262 g/mol. The van der Waals surface area contributed by atoms with Crippen LogP contribution in [0.2, 0.25) is 0 Å². The minimum Gasteiger partial charge on any atom is -0.341 e. The summed E-state index contributed by atoms with van der Waals surface area (Å²) in [6, 6.07) is 7.64. The molecule has 1 unspecified atom stereocenters. The number of benzene rings is 1. The van der Waals surface area contributed by atoms with Gasteiger partial charge in [0.25, 0.3) is 5.91 Å². The zero-order chi connectivity index (χ0) is 13.8. The standard InChI is InChI=1S/C14H19N3O2/c1-10(13(18)16-14(19)15-2)17-8-7-11-5-3-4-6-12(11)9-17/h3-6,10H,7-9H2,1-2H3,(H2,15,16,18,19)/p+1/t10-/m0/s1. The van der Waals surface area contributed by atoms with Gasteiger partial charge in [0.05, 0.1) is 6.54 Å². The molecule has 1 aliphatic rings. The molecule has 3 N–H and O–H groups in total. The van der Waals surface area contributed by atoms with Gasteiger partial charge in [0.1, 0.15) is 6.54 Å². The number of amides is 3. The summed E-state index contributed by atoms with van der Waals surface area (Å²) in [5.74, 6) is -0.228. The Balaban J connectivity index is 2.00. The van der Waals surface area contributed by atoms with E-state index in [1.807, 2.05) is 19.1 Å². The molecule has 0 fully saturated rings. The fourth-order valence-corrected chi connectivity index (χ4v) is 2.44. The zero-order valence-electron chi connectivity index (χ0n) is 11.3. The van der Waals surface area contributed by atoms with Crippen molar-refractivity contribution in [1.82, 2.24) is 10.6 Å². The highest BCUT2D eigenvalue weighted by atomic mass is 16.2. The van der Waals surface area contributed by atoms with Crippen molar-refractivity contribution in [3.63, 3.8) is 0 Å². The lowest BCUT2D eigenvalue weighted by atomic mass is 9.99. The zero-order valence-corrected chi connectivity index (χ0v) is 11.3. The first kappa shape index (κ1) is 13.5. The van der Waals surface area contributed by atoms with Crippen LogP contribution in [-0.2, 0) is 17.8 Å². The van der Waals surface area contributed by atoms with Gasteiger partial charge in [0.2, 0.25) is 0 Å². The molecule has 5 nitrogen and oxygen atoms in total. The van der Waals surface area contributed by atoms with Crippen molar-refractivity contribution in [3.05, 3.63) is 35.4 Å². The second kappa shape index (κ2) is 5.84. The third-order valence-electron chi connectivity index (χ3n) is 3.72. The highest BCUT2D eigenvalue weighted by molar-refractivity contribution is 5.96. The molecule has 102 valence electrons. The fraction of sp³-hybridized carbons (Fsp3) is 0.429. The summed E-state index contributed by atoms with van der Waals surface area (Å²) in [5.41, 5.74) is 2.66. The van der Waals surface area contributed by atoms with E-state index in [9.17, 15) is 9.59 Å². The van der Waals surface area contributed by atoms with Crippen LogP contribution in [0, 0.1) is 0 Å². The molecule has 0 spiro atoms. The van der Waals surface area contributed by atoms with E-state index in [4.69, 9.17) is 0 Å². The van der Waals surface area contributed by atoms with Gasteiger partial charge in [-0.15, -0.1) is 0 Å². The second-order valence-electron chi connectivity index (χ2n) is 4.89. The molecule has 1 heterocycles. The normalized spacial score (nSPS) is 19.2. The van der Waals surface area contributed by atoms with E-state index in [1.54, 1.807) is 0 Å². The van der Waals surface area contributed by atoms with Crippen LogP contribution in [0.3, 0.4) is 0 Å². The summed E-state index contributed by atoms with van der Waals surface area (Å²) in [7, 11) is 1.50. The minimum atomic E-state index is -0.450. The summed E-state index contributed by atoms with van der Waals surface area (Å²) >= 11 is 0. The van der Waals surface area contributed by atoms with E-state index in [-0.39, 0.29) is 11.9 Å². The molecular weight excluding hydrogens is 242 g/mol. The number of carbonyl (C=O) groups excluding carboxylic acids is 2. The van der Waals surface area contributed by atoms with Gasteiger partial charge in [-0.2, -0.15) is 0 Å². The molecule has 2 atom stereocenters. The van der Waals surface area contributed by atoms with Crippen molar-refractivity contribution in [2.45, 2.75) is 25.9 Å². The van der Waals surface area contributed by atoms with E-state index in [2.05, 4.69) is 22.8 Å². The molecule has 0 radical (unpaired) electrons. The highest BCUT2D eigenvalue weighted by Gasteiger charge is 2.29. The third kappa shape index (κ3) is 3.12. The van der Waals surface area contributed by atoms with E-state index in [0.717, 1.165) is 19.5 Å². The minimum absolute atomic E-state index is 0.228. The van der Waals surface area contributed by atoms with Crippen LogP contribution < -0.4 is 15.5 Å². The van der Waals surface area contributed by atoms with Crippen molar-refractivity contribution in [2.75, 3.05) is 13.6 Å². The van der Waals surface area contributed by atoms with Crippen molar-refractivity contribution in [2.24, 2.45) is 0 Å². The number of rotatable bonds is 2. The van der Waals surface area contributed by atoms with Crippen molar-refractivity contribution in [3.8, 4) is 0 Å². The predicted octanol–water partition coefficient (Wildman–Crippen LogP) is -0.528. The van der Waals surface area contributed by atoms with E-state index in [1.165, 1.54) is 23.1 Å². The predicted molar refractivity (Wildman–Crippen MR) is 71.7 cm³/mol. The fourth-order valence-electron chi connectivity index (χ4n) is 2.44. The van der Waals surface area contributed by atoms with Gasteiger partial charge in [-0.05, 0) is 12.5 Å². The molecule has 1 aromatic rings. The van der Waals surface area contributed by atoms with Gasteiger partial charge in [-0.3, -0.25) is 10.1 Å². The van der Waals surface area contributed by atoms with Gasteiger partial charge in [-0.25, -0.2) is 4.79 Å². The average Bonchev–Trinajstić information content (AvgIpc) is 2.45. The van der Waals surface area contributed by atoms with Gasteiger partial charge < -0.3 is 10.2 Å². The Hall–Kier alpha value is -1.88. The molecule has 1 aliphatic heterocycles. The summed E-state index contributed by atoms with van der Waals surface area (Å²) in [6.07, 6.45) is 0.975. The molecule has 3 amide bonds. The third-order valence-corrected chi connectivity index (χ3v) is 3.72. The summed E-state index contributed by atoms with van der Waals surface area (Å²) in [4.78, 5) is 24.3. The summed E-state index contributed by atoms with van der Waals surface area (Å²) in [6.45, 7) is 3.61. The SMILES string of the molecule is CNC(=O)NC(=O)[C@H](C)[NH+]1CCc2ccccc2C1. The molecule has 5 heteroatoms. The van der Waals surface area contributed by atoms with Gasteiger partial charge >= 0.3 is 6.03 Å². The van der Waals surface area contributed by atoms with Crippen LogP contribution in [-0.4, -0.2) is 31.6 Å². The van der Waals surface area contributed by atoms with E-state index < -0.39 is 6.03 Å². The first-order valence-corrected chi connectivity index (χ1v) is 6.55. The van der Waals surface area contributed by atoms with Crippen LogP contribution in [0.25, 0.3) is 0 Å². The van der Waals surface area contributed by atoms with Crippen LogP contribution in [0.4, 0.5) is 4.79 Å². The first-order valence-electron chi connectivity index (χ1n) is 6.55. The van der Waals surface area contributed by atoms with Crippen LogP contribution in [0.5, 0.6) is 0 Å². The Kier molecular flexibility index (Phi) is 4.16.